The third kappa shape index (κ3) is 4.57. The molecule has 6 nitrogen and oxygen atoms in total. The van der Waals surface area contributed by atoms with Crippen LogP contribution in [0.15, 0.2) is 24.3 Å². The molecule has 3 rings (SSSR count). The van der Waals surface area contributed by atoms with E-state index in [0.29, 0.717) is 25.6 Å². The zero-order valence-electron chi connectivity index (χ0n) is 15.5. The Kier molecular flexibility index (Phi) is 5.37. The van der Waals surface area contributed by atoms with Gasteiger partial charge in [-0.15, -0.1) is 0 Å². The first-order chi connectivity index (χ1) is 12.0. The number of benzene rings is 1. The maximum Gasteiger partial charge on any atom is 0.317 e. The van der Waals surface area contributed by atoms with Gasteiger partial charge in [-0.3, -0.25) is 0 Å². The van der Waals surface area contributed by atoms with Gasteiger partial charge in [0.05, 0.1) is 25.9 Å². The fourth-order valence-corrected chi connectivity index (χ4v) is 3.57. The smallest absolute Gasteiger partial charge is 0.317 e. The standard InChI is InChI=1S/C19H29N3O3/c1-19(2)14-22(9-10-25-19)18(23)20-12-15-7-8-21(13-15)16-5-4-6-17(11-16)24-3/h4-6,11,15H,7-10,12-14H2,1-3H3,(H,20,23)/t15-/m1/s1. The van der Waals surface area contributed by atoms with E-state index in [1.165, 1.54) is 5.69 Å². The number of hydrogen-bond acceptors (Lipinski definition) is 4. The fourth-order valence-electron chi connectivity index (χ4n) is 3.57. The third-order valence-electron chi connectivity index (χ3n) is 4.96. The van der Waals surface area contributed by atoms with Gasteiger partial charge in [0.15, 0.2) is 0 Å². The predicted octanol–water partition coefficient (Wildman–Crippen LogP) is 2.34. The zero-order valence-corrected chi connectivity index (χ0v) is 15.5. The van der Waals surface area contributed by atoms with Crippen LogP contribution in [0.3, 0.4) is 0 Å². The molecule has 0 aliphatic carbocycles. The molecule has 1 atom stereocenters. The second kappa shape index (κ2) is 7.52. The topological polar surface area (TPSA) is 54.0 Å². The van der Waals surface area contributed by atoms with E-state index in [1.54, 1.807) is 7.11 Å². The summed E-state index contributed by atoms with van der Waals surface area (Å²) in [6, 6.07) is 8.18. The lowest BCUT2D eigenvalue weighted by atomic mass is 10.1. The van der Waals surface area contributed by atoms with E-state index in [9.17, 15) is 4.79 Å². The number of hydrogen-bond donors (Lipinski definition) is 1. The molecule has 2 heterocycles. The van der Waals surface area contributed by atoms with Crippen molar-refractivity contribution in [3.63, 3.8) is 0 Å². The highest BCUT2D eigenvalue weighted by Crippen LogP contribution is 2.26. The molecule has 25 heavy (non-hydrogen) atoms. The number of nitrogens with one attached hydrogen (secondary N) is 1. The number of carbonyl (C=O) groups is 1. The summed E-state index contributed by atoms with van der Waals surface area (Å²) in [5.74, 6) is 1.35. The van der Waals surface area contributed by atoms with Crippen LogP contribution >= 0.6 is 0 Å². The minimum atomic E-state index is -0.258. The van der Waals surface area contributed by atoms with Crippen molar-refractivity contribution >= 4 is 11.7 Å². The van der Waals surface area contributed by atoms with Gasteiger partial charge in [-0.05, 0) is 38.3 Å². The van der Waals surface area contributed by atoms with Crippen LogP contribution in [0.2, 0.25) is 0 Å². The molecule has 0 spiro atoms. The third-order valence-corrected chi connectivity index (χ3v) is 4.96. The summed E-state index contributed by atoms with van der Waals surface area (Å²) in [7, 11) is 1.69. The van der Waals surface area contributed by atoms with Crippen molar-refractivity contribution in [1.82, 2.24) is 10.2 Å². The number of anilines is 1. The van der Waals surface area contributed by atoms with Crippen LogP contribution in [0.5, 0.6) is 5.75 Å². The summed E-state index contributed by atoms with van der Waals surface area (Å²) < 4.78 is 11.0. The van der Waals surface area contributed by atoms with E-state index in [0.717, 1.165) is 31.8 Å². The maximum atomic E-state index is 12.4. The Morgan fingerprint density at radius 2 is 2.24 bits per heavy atom. The van der Waals surface area contributed by atoms with E-state index in [4.69, 9.17) is 9.47 Å². The van der Waals surface area contributed by atoms with Gasteiger partial charge < -0.3 is 24.6 Å². The minimum absolute atomic E-state index is 0.0243. The van der Waals surface area contributed by atoms with Crippen LogP contribution < -0.4 is 15.0 Å². The van der Waals surface area contributed by atoms with Gasteiger partial charge in [-0.25, -0.2) is 4.79 Å². The van der Waals surface area contributed by atoms with Crippen molar-refractivity contribution in [3.8, 4) is 5.75 Å². The van der Waals surface area contributed by atoms with E-state index in [-0.39, 0.29) is 11.6 Å². The number of amides is 2. The largest absolute Gasteiger partial charge is 0.497 e. The first-order valence-electron chi connectivity index (χ1n) is 9.02. The van der Waals surface area contributed by atoms with Crippen molar-refractivity contribution in [1.29, 1.82) is 0 Å². The van der Waals surface area contributed by atoms with Gasteiger partial charge in [-0.1, -0.05) is 6.07 Å². The number of morpholine rings is 1. The molecule has 0 radical (unpaired) electrons. The average Bonchev–Trinajstić information content (AvgIpc) is 3.08. The number of carbonyl (C=O) groups excluding carboxylic acids is 1. The van der Waals surface area contributed by atoms with Crippen LogP contribution in [0.25, 0.3) is 0 Å². The molecule has 2 amide bonds. The Balaban J connectivity index is 1.47. The molecule has 1 aromatic rings. The Hall–Kier alpha value is -1.95. The van der Waals surface area contributed by atoms with Crippen molar-refractivity contribution < 1.29 is 14.3 Å². The minimum Gasteiger partial charge on any atom is -0.497 e. The van der Waals surface area contributed by atoms with E-state index < -0.39 is 0 Å². The van der Waals surface area contributed by atoms with Crippen molar-refractivity contribution in [2.45, 2.75) is 25.9 Å². The fraction of sp³-hybridized carbons (Fsp3) is 0.632. The molecule has 2 aliphatic rings. The van der Waals surface area contributed by atoms with Crippen molar-refractivity contribution in [2.75, 3.05) is 51.3 Å². The molecule has 2 aliphatic heterocycles. The predicted molar refractivity (Wildman–Crippen MR) is 98.3 cm³/mol. The van der Waals surface area contributed by atoms with Crippen LogP contribution in [-0.4, -0.2) is 63.0 Å². The molecular formula is C19H29N3O3. The first kappa shape index (κ1) is 17.9. The lowest BCUT2D eigenvalue weighted by molar-refractivity contribution is -0.0733. The molecule has 138 valence electrons. The highest BCUT2D eigenvalue weighted by atomic mass is 16.5. The number of urea groups is 1. The Labute approximate surface area is 150 Å². The molecule has 1 N–H and O–H groups in total. The molecule has 0 unspecified atom stereocenters. The normalized spacial score (nSPS) is 22.8. The Morgan fingerprint density at radius 1 is 1.40 bits per heavy atom. The summed E-state index contributed by atoms with van der Waals surface area (Å²) in [4.78, 5) is 16.6. The highest BCUT2D eigenvalue weighted by Gasteiger charge is 2.30. The Bertz CT molecular complexity index is 605. The van der Waals surface area contributed by atoms with Crippen molar-refractivity contribution in [2.24, 2.45) is 5.92 Å². The highest BCUT2D eigenvalue weighted by molar-refractivity contribution is 5.74. The average molecular weight is 347 g/mol. The first-order valence-corrected chi connectivity index (χ1v) is 9.02. The van der Waals surface area contributed by atoms with Crippen LogP contribution in [0.1, 0.15) is 20.3 Å². The molecule has 0 saturated carbocycles. The summed E-state index contributed by atoms with van der Waals surface area (Å²) in [5, 5.41) is 3.11. The summed E-state index contributed by atoms with van der Waals surface area (Å²) in [6.07, 6.45) is 1.09. The number of nitrogens with zero attached hydrogens (tertiary/aromatic N) is 2. The van der Waals surface area contributed by atoms with E-state index in [1.807, 2.05) is 30.9 Å². The van der Waals surface area contributed by atoms with Crippen LogP contribution in [-0.2, 0) is 4.74 Å². The maximum absolute atomic E-state index is 12.4. The zero-order chi connectivity index (χ0) is 17.9. The van der Waals surface area contributed by atoms with E-state index in [2.05, 4.69) is 22.3 Å². The molecule has 0 bridgehead atoms. The lowest BCUT2D eigenvalue weighted by Crippen LogP contribution is -2.54. The molecule has 2 saturated heterocycles. The summed E-state index contributed by atoms with van der Waals surface area (Å²) >= 11 is 0. The van der Waals surface area contributed by atoms with Gasteiger partial charge in [-0.2, -0.15) is 0 Å². The summed E-state index contributed by atoms with van der Waals surface area (Å²) in [6.45, 7) is 8.64. The number of rotatable bonds is 4. The number of ether oxygens (including phenoxy) is 2. The second-order valence-electron chi connectivity index (χ2n) is 7.52. The molecular weight excluding hydrogens is 318 g/mol. The molecule has 6 heteroatoms. The summed E-state index contributed by atoms with van der Waals surface area (Å²) in [5.41, 5.74) is 0.926. The molecule has 1 aromatic carbocycles. The van der Waals surface area contributed by atoms with Gasteiger partial charge in [0.2, 0.25) is 0 Å². The van der Waals surface area contributed by atoms with Crippen LogP contribution in [0.4, 0.5) is 10.5 Å². The number of methoxy groups -OCH3 is 1. The Morgan fingerprint density at radius 3 is 3.00 bits per heavy atom. The monoisotopic (exact) mass is 347 g/mol. The van der Waals surface area contributed by atoms with Crippen molar-refractivity contribution in [3.05, 3.63) is 24.3 Å². The van der Waals surface area contributed by atoms with Crippen LogP contribution in [0, 0.1) is 5.92 Å². The molecule has 2 fully saturated rings. The lowest BCUT2D eigenvalue weighted by Gasteiger charge is -2.38. The second-order valence-corrected chi connectivity index (χ2v) is 7.52. The van der Waals surface area contributed by atoms with Gasteiger partial charge in [0, 0.05) is 37.9 Å². The SMILES string of the molecule is COc1cccc(N2CC[C@H](CNC(=O)N3CCOC(C)(C)C3)C2)c1. The van der Waals surface area contributed by atoms with E-state index >= 15 is 0 Å². The quantitative estimate of drug-likeness (QED) is 0.908. The molecule has 0 aromatic heterocycles. The van der Waals surface area contributed by atoms with Gasteiger partial charge in [0.25, 0.3) is 0 Å². The van der Waals surface area contributed by atoms with Gasteiger partial charge in [0.1, 0.15) is 5.75 Å². The van der Waals surface area contributed by atoms with Gasteiger partial charge >= 0.3 is 6.03 Å².